The van der Waals surface area contributed by atoms with Gasteiger partial charge in [-0.2, -0.15) is 0 Å². The first kappa shape index (κ1) is 15.6. The van der Waals surface area contributed by atoms with Gasteiger partial charge in [-0.1, -0.05) is 12.2 Å². The molecule has 8 heteroatoms. The second kappa shape index (κ2) is 6.30. The number of thiocarbonyl (C=S) groups is 1. The zero-order chi connectivity index (χ0) is 14.9. The highest BCUT2D eigenvalue weighted by molar-refractivity contribution is 9.13. The fourth-order valence-corrected chi connectivity index (χ4v) is 3.53. The van der Waals surface area contributed by atoms with Crippen LogP contribution in [0.25, 0.3) is 0 Å². The highest BCUT2D eigenvalue weighted by Gasteiger charge is 2.13. The molecule has 0 aliphatic rings. The molecule has 2 aromatic rings. The number of amides is 1. The Balaban J connectivity index is 2.24. The minimum atomic E-state index is -0.517. The summed E-state index contributed by atoms with van der Waals surface area (Å²) in [4.78, 5) is 12.5. The molecule has 0 bridgehead atoms. The van der Waals surface area contributed by atoms with E-state index in [9.17, 15) is 9.18 Å². The average molecular weight is 438 g/mol. The molecule has 2 rings (SSSR count). The molecule has 0 spiro atoms. The van der Waals surface area contributed by atoms with Gasteiger partial charge < -0.3 is 11.1 Å². The van der Waals surface area contributed by atoms with Gasteiger partial charge in [-0.05, 0) is 56.1 Å². The van der Waals surface area contributed by atoms with Crippen molar-refractivity contribution in [3.05, 3.63) is 48.8 Å². The molecule has 3 N–H and O–H groups in total. The van der Waals surface area contributed by atoms with Crippen LogP contribution in [0.3, 0.4) is 0 Å². The summed E-state index contributed by atoms with van der Waals surface area (Å²) in [7, 11) is 0. The Morgan fingerprint density at radius 1 is 1.35 bits per heavy atom. The van der Waals surface area contributed by atoms with Gasteiger partial charge in [0.25, 0.3) is 5.91 Å². The summed E-state index contributed by atoms with van der Waals surface area (Å²) in [6.07, 6.45) is 0. The number of nitrogens with two attached hydrogens (primary N) is 1. The summed E-state index contributed by atoms with van der Waals surface area (Å²) in [5, 5.41) is 2.67. The van der Waals surface area contributed by atoms with Crippen molar-refractivity contribution < 1.29 is 9.18 Å². The molecule has 0 fully saturated rings. The molecule has 20 heavy (non-hydrogen) atoms. The lowest BCUT2D eigenvalue weighted by molar-refractivity contribution is 0.103. The maximum Gasteiger partial charge on any atom is 0.265 e. The van der Waals surface area contributed by atoms with Crippen LogP contribution in [-0.2, 0) is 0 Å². The molecule has 1 aromatic heterocycles. The minimum absolute atomic E-state index is 0.0554. The number of thiophene rings is 1. The number of halogens is 3. The molecule has 0 radical (unpaired) electrons. The van der Waals surface area contributed by atoms with Crippen LogP contribution in [-0.4, -0.2) is 10.9 Å². The second-order valence-corrected chi connectivity index (χ2v) is 7.41. The lowest BCUT2D eigenvalue weighted by atomic mass is 10.2. The Morgan fingerprint density at radius 2 is 2.05 bits per heavy atom. The first-order chi connectivity index (χ1) is 9.38. The van der Waals surface area contributed by atoms with Crippen LogP contribution in [0.4, 0.5) is 10.1 Å². The number of carbonyl (C=O) groups excluding carboxylic acids is 1. The van der Waals surface area contributed by atoms with Crippen molar-refractivity contribution in [1.29, 1.82) is 0 Å². The normalized spacial score (nSPS) is 10.3. The van der Waals surface area contributed by atoms with E-state index >= 15 is 0 Å². The number of hydrogen-bond acceptors (Lipinski definition) is 3. The molecule has 0 aliphatic carbocycles. The van der Waals surface area contributed by atoms with E-state index in [0.29, 0.717) is 10.6 Å². The van der Waals surface area contributed by atoms with Gasteiger partial charge in [-0.15, -0.1) is 11.3 Å². The van der Waals surface area contributed by atoms with E-state index < -0.39 is 5.82 Å². The minimum Gasteiger partial charge on any atom is -0.389 e. The predicted octanol–water partition coefficient (Wildman–Crippen LogP) is 4.30. The average Bonchev–Trinajstić information content (AvgIpc) is 2.72. The fraction of sp³-hybridized carbons (Fsp3) is 0. The van der Waals surface area contributed by atoms with Crippen molar-refractivity contribution in [1.82, 2.24) is 0 Å². The van der Waals surface area contributed by atoms with Crippen LogP contribution in [0.1, 0.15) is 15.2 Å². The van der Waals surface area contributed by atoms with Gasteiger partial charge >= 0.3 is 0 Å². The maximum absolute atomic E-state index is 13.4. The number of anilines is 1. The van der Waals surface area contributed by atoms with E-state index in [1.54, 1.807) is 6.07 Å². The van der Waals surface area contributed by atoms with Crippen LogP contribution in [0.15, 0.2) is 32.5 Å². The van der Waals surface area contributed by atoms with Crippen molar-refractivity contribution in [2.24, 2.45) is 5.73 Å². The van der Waals surface area contributed by atoms with E-state index in [1.165, 1.54) is 29.5 Å². The fourth-order valence-electron chi connectivity index (χ4n) is 1.44. The topological polar surface area (TPSA) is 55.1 Å². The second-order valence-electron chi connectivity index (χ2n) is 3.75. The Kier molecular flexibility index (Phi) is 4.90. The van der Waals surface area contributed by atoms with Crippen LogP contribution in [0.5, 0.6) is 0 Å². The molecule has 1 aromatic carbocycles. The molecule has 0 saturated carbocycles. The predicted molar refractivity (Wildman–Crippen MR) is 90.0 cm³/mol. The summed E-state index contributed by atoms with van der Waals surface area (Å²) in [6.45, 7) is 0. The third-order valence-electron chi connectivity index (χ3n) is 2.36. The van der Waals surface area contributed by atoms with Gasteiger partial charge in [0.05, 0.1) is 8.66 Å². The molecule has 1 amide bonds. The van der Waals surface area contributed by atoms with Crippen LogP contribution >= 0.6 is 55.4 Å². The van der Waals surface area contributed by atoms with Gasteiger partial charge in [0.1, 0.15) is 10.8 Å². The monoisotopic (exact) mass is 436 g/mol. The zero-order valence-electron chi connectivity index (χ0n) is 9.75. The van der Waals surface area contributed by atoms with Gasteiger partial charge in [0.2, 0.25) is 0 Å². The van der Waals surface area contributed by atoms with Crippen LogP contribution < -0.4 is 11.1 Å². The lowest BCUT2D eigenvalue weighted by Gasteiger charge is -2.06. The van der Waals surface area contributed by atoms with Gasteiger partial charge in [-0.3, -0.25) is 4.79 Å². The lowest BCUT2D eigenvalue weighted by Crippen LogP contribution is -2.14. The van der Waals surface area contributed by atoms with Crippen LogP contribution in [0.2, 0.25) is 0 Å². The largest absolute Gasteiger partial charge is 0.389 e. The van der Waals surface area contributed by atoms with E-state index in [0.717, 1.165) is 8.26 Å². The third-order valence-corrected chi connectivity index (χ3v) is 5.83. The smallest absolute Gasteiger partial charge is 0.265 e. The summed E-state index contributed by atoms with van der Waals surface area (Å²) < 4.78 is 15.1. The third kappa shape index (κ3) is 3.43. The molecule has 1 heterocycles. The number of nitrogens with one attached hydrogen (secondary N) is 1. The van der Waals surface area contributed by atoms with Crippen molar-refractivity contribution in [3.63, 3.8) is 0 Å². The Morgan fingerprint density at radius 3 is 2.60 bits per heavy atom. The van der Waals surface area contributed by atoms with E-state index in [2.05, 4.69) is 37.2 Å². The molecular weight excluding hydrogens is 431 g/mol. The van der Waals surface area contributed by atoms with Crippen molar-refractivity contribution in [2.45, 2.75) is 0 Å². The molecule has 0 unspecified atom stereocenters. The van der Waals surface area contributed by atoms with Crippen molar-refractivity contribution >= 4 is 72.0 Å². The van der Waals surface area contributed by atoms with E-state index in [1.807, 2.05) is 0 Å². The van der Waals surface area contributed by atoms with Gasteiger partial charge in [-0.25, -0.2) is 4.39 Å². The van der Waals surface area contributed by atoms with Gasteiger partial charge in [0, 0.05) is 15.7 Å². The number of hydrogen-bond donors (Lipinski definition) is 2. The number of carbonyl (C=O) groups is 1. The van der Waals surface area contributed by atoms with Crippen molar-refractivity contribution in [2.75, 3.05) is 5.32 Å². The molecular formula is C12H7Br2FN2OS2. The molecule has 3 nitrogen and oxygen atoms in total. The van der Waals surface area contributed by atoms with E-state index in [4.69, 9.17) is 18.0 Å². The highest BCUT2D eigenvalue weighted by atomic mass is 79.9. The van der Waals surface area contributed by atoms with Crippen molar-refractivity contribution in [3.8, 4) is 0 Å². The maximum atomic E-state index is 13.4. The zero-order valence-corrected chi connectivity index (χ0v) is 14.6. The molecule has 0 atom stereocenters. The first-order valence-corrected chi connectivity index (χ1v) is 8.05. The molecule has 104 valence electrons. The Hall–Kier alpha value is -0.830. The Bertz CT molecular complexity index is 683. The summed E-state index contributed by atoms with van der Waals surface area (Å²) in [6, 6.07) is 5.77. The summed E-state index contributed by atoms with van der Waals surface area (Å²) in [5.41, 5.74) is 5.95. The highest BCUT2D eigenvalue weighted by Crippen LogP contribution is 2.32. The molecule has 0 aliphatic heterocycles. The molecule has 0 saturated heterocycles. The summed E-state index contributed by atoms with van der Waals surface area (Å²) >= 11 is 12.7. The standard InChI is InChI=1S/C12H7Br2FN2OS2/c13-7-4-9(20-10(7)14)12(18)17-5-1-2-8(15)6(3-5)11(16)19/h1-4H,(H2,16,19)(H,17,18). The van der Waals surface area contributed by atoms with E-state index in [-0.39, 0.29) is 16.5 Å². The number of benzene rings is 1. The first-order valence-electron chi connectivity index (χ1n) is 5.24. The quantitative estimate of drug-likeness (QED) is 0.704. The summed E-state index contributed by atoms with van der Waals surface area (Å²) in [5.74, 6) is -0.806. The van der Waals surface area contributed by atoms with Crippen LogP contribution in [0, 0.1) is 5.82 Å². The number of rotatable bonds is 3. The van der Waals surface area contributed by atoms with Gasteiger partial charge in [0.15, 0.2) is 0 Å². The SMILES string of the molecule is NC(=S)c1cc(NC(=O)c2cc(Br)c(Br)s2)ccc1F. The Labute approximate surface area is 140 Å².